The van der Waals surface area contributed by atoms with Crippen molar-refractivity contribution in [3.8, 4) is 5.75 Å². The molecule has 0 saturated heterocycles. The zero-order chi connectivity index (χ0) is 26.3. The van der Waals surface area contributed by atoms with Gasteiger partial charge < -0.3 is 14.8 Å². The monoisotopic (exact) mass is 527 g/mol. The van der Waals surface area contributed by atoms with Crippen LogP contribution >= 0.6 is 12.2 Å². The number of nitrogens with zero attached hydrogens (tertiary/aromatic N) is 2. The first-order valence-corrected chi connectivity index (χ1v) is 12.8. The van der Waals surface area contributed by atoms with Crippen LogP contribution in [0.4, 0.5) is 11.6 Å². The standard InChI is InChI=1S/C23H26BN5O5S2/c1-14-12-15(2)26-22(25-14)29-36(31,32)18-7-5-17(6-8-18)27-23(35)28-21(30)16-4-9-20(19(24)13-16)34-11-10-33-3/h4-9,12-13H,10-11,24H2,1-3H3,(H,25,26,29)(H2,27,28,30,35). The molecule has 0 saturated carbocycles. The van der Waals surface area contributed by atoms with Gasteiger partial charge in [-0.15, -0.1) is 0 Å². The summed E-state index contributed by atoms with van der Waals surface area (Å²) in [6.45, 7) is 4.38. The Kier molecular flexibility index (Phi) is 8.96. The molecule has 13 heteroatoms. The zero-order valence-electron chi connectivity index (χ0n) is 20.3. The van der Waals surface area contributed by atoms with Crippen LogP contribution in [0.3, 0.4) is 0 Å². The van der Waals surface area contributed by atoms with Gasteiger partial charge in [-0.05, 0) is 74.0 Å². The molecule has 188 valence electrons. The van der Waals surface area contributed by atoms with Crippen LogP contribution < -0.4 is 25.6 Å². The summed E-state index contributed by atoms with van der Waals surface area (Å²) in [7, 11) is -0.451. The Morgan fingerprint density at radius 2 is 1.69 bits per heavy atom. The molecule has 10 nitrogen and oxygen atoms in total. The molecule has 0 radical (unpaired) electrons. The normalized spacial score (nSPS) is 11.0. The van der Waals surface area contributed by atoms with E-state index in [1.54, 1.807) is 45.2 Å². The highest BCUT2D eigenvalue weighted by Gasteiger charge is 2.16. The van der Waals surface area contributed by atoms with Crippen LogP contribution in [0.15, 0.2) is 53.4 Å². The van der Waals surface area contributed by atoms with Gasteiger partial charge in [0, 0.05) is 29.7 Å². The van der Waals surface area contributed by atoms with Crippen LogP contribution in [0, 0.1) is 13.8 Å². The molecule has 0 spiro atoms. The third-order valence-corrected chi connectivity index (χ3v) is 6.39. The summed E-state index contributed by atoms with van der Waals surface area (Å²) in [6, 6.07) is 12.7. The van der Waals surface area contributed by atoms with Crippen LogP contribution in [0.1, 0.15) is 21.7 Å². The summed E-state index contributed by atoms with van der Waals surface area (Å²) in [4.78, 5) is 20.8. The summed E-state index contributed by atoms with van der Waals surface area (Å²) in [5.41, 5.74) is 3.01. The summed E-state index contributed by atoms with van der Waals surface area (Å²) < 4.78 is 38.3. The van der Waals surface area contributed by atoms with Gasteiger partial charge in [0.2, 0.25) is 5.95 Å². The summed E-state index contributed by atoms with van der Waals surface area (Å²) in [5.74, 6) is 0.275. The molecule has 3 rings (SSSR count). The number of aromatic nitrogens is 2. The quantitative estimate of drug-likeness (QED) is 0.214. The van der Waals surface area contributed by atoms with Gasteiger partial charge in [-0.1, -0.05) is 6.07 Å². The minimum absolute atomic E-state index is 0.00315. The van der Waals surface area contributed by atoms with Crippen molar-refractivity contribution in [1.29, 1.82) is 0 Å². The van der Waals surface area contributed by atoms with Crippen LogP contribution in [-0.2, 0) is 14.8 Å². The predicted molar refractivity (Wildman–Crippen MR) is 144 cm³/mol. The van der Waals surface area contributed by atoms with Crippen molar-refractivity contribution in [2.45, 2.75) is 18.7 Å². The Morgan fingerprint density at radius 3 is 2.31 bits per heavy atom. The molecule has 0 fully saturated rings. The van der Waals surface area contributed by atoms with E-state index >= 15 is 0 Å². The smallest absolute Gasteiger partial charge is 0.264 e. The van der Waals surface area contributed by atoms with E-state index in [2.05, 4.69) is 25.3 Å². The summed E-state index contributed by atoms with van der Waals surface area (Å²) in [5, 5.41) is 5.54. The fourth-order valence-corrected chi connectivity index (χ4v) is 4.35. The topological polar surface area (TPSA) is 132 Å². The lowest BCUT2D eigenvalue weighted by molar-refractivity contribution is 0.0977. The molecular weight excluding hydrogens is 501 g/mol. The number of hydrogen-bond acceptors (Lipinski definition) is 8. The number of hydrogen-bond donors (Lipinski definition) is 3. The number of sulfonamides is 1. The first-order valence-electron chi connectivity index (χ1n) is 10.9. The Bertz CT molecular complexity index is 1350. The highest BCUT2D eigenvalue weighted by Crippen LogP contribution is 2.17. The molecule has 0 bridgehead atoms. The number of carbonyl (C=O) groups excluding carboxylic acids is 1. The van der Waals surface area contributed by atoms with Gasteiger partial charge in [0.15, 0.2) is 5.11 Å². The molecule has 1 heterocycles. The number of ether oxygens (including phenoxy) is 2. The van der Waals surface area contributed by atoms with E-state index in [1.165, 1.54) is 24.3 Å². The largest absolute Gasteiger partial charge is 0.492 e. The van der Waals surface area contributed by atoms with Gasteiger partial charge in [-0.2, -0.15) is 0 Å². The Hall–Kier alpha value is -3.55. The Morgan fingerprint density at radius 1 is 1.03 bits per heavy atom. The molecule has 1 amide bonds. The van der Waals surface area contributed by atoms with Crippen LogP contribution in [0.2, 0.25) is 0 Å². The third-order valence-electron chi connectivity index (χ3n) is 4.84. The first-order chi connectivity index (χ1) is 17.1. The van der Waals surface area contributed by atoms with E-state index in [-0.39, 0.29) is 16.0 Å². The van der Waals surface area contributed by atoms with E-state index in [4.69, 9.17) is 21.7 Å². The van der Waals surface area contributed by atoms with Crippen LogP contribution in [0.5, 0.6) is 5.75 Å². The molecule has 2 aromatic carbocycles. The molecule has 0 atom stereocenters. The Labute approximate surface area is 216 Å². The minimum Gasteiger partial charge on any atom is -0.492 e. The molecule has 0 unspecified atom stereocenters. The predicted octanol–water partition coefficient (Wildman–Crippen LogP) is 1.30. The lowest BCUT2D eigenvalue weighted by Crippen LogP contribution is -2.34. The van der Waals surface area contributed by atoms with Crippen molar-refractivity contribution in [3.05, 3.63) is 65.5 Å². The minimum atomic E-state index is -3.88. The van der Waals surface area contributed by atoms with Gasteiger partial charge >= 0.3 is 0 Å². The lowest BCUT2D eigenvalue weighted by Gasteiger charge is -2.13. The highest BCUT2D eigenvalue weighted by atomic mass is 32.2. The van der Waals surface area contributed by atoms with E-state index in [0.717, 1.165) is 5.46 Å². The first kappa shape index (κ1) is 27.0. The molecule has 0 aliphatic carbocycles. The average molecular weight is 527 g/mol. The number of amides is 1. The van der Waals surface area contributed by atoms with E-state index in [0.29, 0.717) is 41.6 Å². The van der Waals surface area contributed by atoms with Gasteiger partial charge in [0.1, 0.15) is 20.2 Å². The lowest BCUT2D eigenvalue weighted by atomic mass is 9.93. The molecule has 3 N–H and O–H groups in total. The van der Waals surface area contributed by atoms with Gasteiger partial charge in [-0.3, -0.25) is 10.1 Å². The fourth-order valence-electron chi connectivity index (χ4n) is 3.19. The Balaban J connectivity index is 1.59. The molecule has 0 aliphatic rings. The SMILES string of the molecule is Bc1cc(C(=O)NC(=S)Nc2ccc(S(=O)(=O)Nc3nc(C)cc(C)n3)cc2)ccc1OCCOC. The van der Waals surface area contributed by atoms with Crippen molar-refractivity contribution in [2.75, 3.05) is 30.4 Å². The summed E-state index contributed by atoms with van der Waals surface area (Å²) in [6.07, 6.45) is 0. The average Bonchev–Trinajstić information content (AvgIpc) is 2.79. The van der Waals surface area contributed by atoms with E-state index < -0.39 is 15.9 Å². The van der Waals surface area contributed by atoms with Crippen molar-refractivity contribution < 1.29 is 22.7 Å². The van der Waals surface area contributed by atoms with Crippen LogP contribution in [0.25, 0.3) is 0 Å². The second-order valence-corrected chi connectivity index (χ2v) is 9.92. The zero-order valence-corrected chi connectivity index (χ0v) is 21.9. The van der Waals surface area contributed by atoms with E-state index in [1.807, 2.05) is 7.85 Å². The highest BCUT2D eigenvalue weighted by molar-refractivity contribution is 7.92. The maximum atomic E-state index is 12.7. The molecule has 0 aliphatic heterocycles. The van der Waals surface area contributed by atoms with Gasteiger partial charge in [0.25, 0.3) is 15.9 Å². The number of benzene rings is 2. The maximum absolute atomic E-state index is 12.7. The number of carbonyl (C=O) groups is 1. The number of aryl methyl sites for hydroxylation is 2. The number of methoxy groups -OCH3 is 1. The summed E-state index contributed by atoms with van der Waals surface area (Å²) >= 11 is 5.23. The maximum Gasteiger partial charge on any atom is 0.264 e. The number of anilines is 2. The molecule has 3 aromatic rings. The molecule has 36 heavy (non-hydrogen) atoms. The van der Waals surface area contributed by atoms with Crippen molar-refractivity contribution in [3.63, 3.8) is 0 Å². The van der Waals surface area contributed by atoms with Crippen LogP contribution in [-0.4, -0.2) is 57.6 Å². The number of nitrogens with one attached hydrogen (secondary N) is 3. The molecule has 1 aromatic heterocycles. The van der Waals surface area contributed by atoms with Crippen molar-refractivity contribution >= 4 is 58.2 Å². The van der Waals surface area contributed by atoms with Gasteiger partial charge in [-0.25, -0.2) is 23.1 Å². The second kappa shape index (κ2) is 11.9. The van der Waals surface area contributed by atoms with Crippen molar-refractivity contribution in [2.24, 2.45) is 0 Å². The van der Waals surface area contributed by atoms with Gasteiger partial charge in [0.05, 0.1) is 11.5 Å². The van der Waals surface area contributed by atoms with Crippen molar-refractivity contribution in [1.82, 2.24) is 15.3 Å². The second-order valence-electron chi connectivity index (χ2n) is 7.83. The van der Waals surface area contributed by atoms with E-state index in [9.17, 15) is 13.2 Å². The third kappa shape index (κ3) is 7.47. The number of thiocarbonyl (C=S) groups is 1. The fraction of sp³-hybridized carbons (Fsp3) is 0.217. The molecular formula is C23H26BN5O5S2. The number of rotatable bonds is 9.